The molecule has 0 spiro atoms. The van der Waals surface area contributed by atoms with Gasteiger partial charge in [0.2, 0.25) is 0 Å². The number of aryl methyl sites for hydroxylation is 1. The second-order valence-corrected chi connectivity index (χ2v) is 7.08. The molecule has 3 aromatic rings. The van der Waals surface area contributed by atoms with Crippen LogP contribution in [0.15, 0.2) is 49.3 Å². The van der Waals surface area contributed by atoms with Crippen molar-refractivity contribution in [1.29, 1.82) is 0 Å². The Morgan fingerprint density at radius 3 is 2.57 bits per heavy atom. The van der Waals surface area contributed by atoms with Gasteiger partial charge in [0, 0.05) is 62.6 Å². The van der Waals surface area contributed by atoms with Gasteiger partial charge in [-0.25, -0.2) is 15.0 Å². The van der Waals surface area contributed by atoms with Gasteiger partial charge >= 0.3 is 0 Å². The Balaban J connectivity index is 1.39. The molecule has 0 saturated carbocycles. The Morgan fingerprint density at radius 1 is 1.11 bits per heavy atom. The zero-order valence-electron chi connectivity index (χ0n) is 16.0. The van der Waals surface area contributed by atoms with Crippen molar-refractivity contribution in [2.75, 3.05) is 13.1 Å². The fraction of sp³-hybridized carbons (Fsp3) is 0.381. The minimum atomic E-state index is 0.0137. The number of amides is 1. The molecule has 0 N–H and O–H groups in total. The van der Waals surface area contributed by atoms with E-state index in [1.54, 1.807) is 18.6 Å². The molecule has 0 bridgehead atoms. The Morgan fingerprint density at radius 2 is 1.89 bits per heavy atom. The zero-order chi connectivity index (χ0) is 19.3. The fourth-order valence-corrected chi connectivity index (χ4v) is 3.67. The Bertz CT molecular complexity index is 914. The molecule has 1 fully saturated rings. The van der Waals surface area contributed by atoms with Crippen LogP contribution >= 0.6 is 0 Å². The molecule has 7 heteroatoms. The first-order chi connectivity index (χ1) is 13.7. The number of likely N-dealkylation sites (tertiary alicyclic amines) is 1. The highest BCUT2D eigenvalue weighted by Crippen LogP contribution is 2.28. The van der Waals surface area contributed by atoms with Gasteiger partial charge < -0.3 is 9.47 Å². The monoisotopic (exact) mass is 376 g/mol. The summed E-state index contributed by atoms with van der Waals surface area (Å²) in [6.45, 7) is 4.21. The molecule has 28 heavy (non-hydrogen) atoms. The number of carbonyl (C=O) groups is 1. The average molecular weight is 376 g/mol. The fourth-order valence-electron chi connectivity index (χ4n) is 3.67. The van der Waals surface area contributed by atoms with Gasteiger partial charge in [0.25, 0.3) is 5.91 Å². The van der Waals surface area contributed by atoms with Crippen molar-refractivity contribution < 1.29 is 4.79 Å². The molecule has 3 aromatic heterocycles. The Hall–Kier alpha value is -3.09. The van der Waals surface area contributed by atoms with Gasteiger partial charge in [0.05, 0.1) is 12.1 Å². The predicted octanol–water partition coefficient (Wildman–Crippen LogP) is 2.70. The molecule has 0 radical (unpaired) electrons. The van der Waals surface area contributed by atoms with E-state index in [1.165, 1.54) is 0 Å². The van der Waals surface area contributed by atoms with Crippen LogP contribution in [0.1, 0.15) is 53.3 Å². The number of aromatic nitrogens is 5. The zero-order valence-corrected chi connectivity index (χ0v) is 16.0. The molecular formula is C21H24N6O. The van der Waals surface area contributed by atoms with Crippen molar-refractivity contribution in [3.8, 4) is 0 Å². The summed E-state index contributed by atoms with van der Waals surface area (Å²) >= 11 is 0. The summed E-state index contributed by atoms with van der Waals surface area (Å²) in [4.78, 5) is 31.9. The molecule has 1 saturated heterocycles. The summed E-state index contributed by atoms with van der Waals surface area (Å²) in [5, 5.41) is 0. The first-order valence-corrected chi connectivity index (χ1v) is 9.74. The first kappa shape index (κ1) is 18.3. The van der Waals surface area contributed by atoms with E-state index in [9.17, 15) is 4.79 Å². The smallest absolute Gasteiger partial charge is 0.256 e. The summed E-state index contributed by atoms with van der Waals surface area (Å²) in [5.74, 6) is 2.22. The lowest BCUT2D eigenvalue weighted by Gasteiger charge is -2.32. The maximum Gasteiger partial charge on any atom is 0.256 e. The number of imidazole rings is 1. The second kappa shape index (κ2) is 8.29. The van der Waals surface area contributed by atoms with Gasteiger partial charge in [-0.3, -0.25) is 9.78 Å². The van der Waals surface area contributed by atoms with E-state index >= 15 is 0 Å². The van der Waals surface area contributed by atoms with Crippen molar-refractivity contribution in [3.05, 3.63) is 72.1 Å². The number of carbonyl (C=O) groups excluding carboxylic acids is 1. The maximum absolute atomic E-state index is 12.7. The van der Waals surface area contributed by atoms with Gasteiger partial charge in [0.15, 0.2) is 0 Å². The van der Waals surface area contributed by atoms with E-state index in [0.717, 1.165) is 56.1 Å². The third-order valence-corrected chi connectivity index (χ3v) is 5.24. The molecule has 1 amide bonds. The summed E-state index contributed by atoms with van der Waals surface area (Å²) in [6.07, 6.45) is 13.4. The number of rotatable bonds is 5. The minimum Gasteiger partial charge on any atom is -0.339 e. The van der Waals surface area contributed by atoms with Crippen molar-refractivity contribution in [3.63, 3.8) is 0 Å². The van der Waals surface area contributed by atoms with Crippen molar-refractivity contribution in [1.82, 2.24) is 29.4 Å². The summed E-state index contributed by atoms with van der Waals surface area (Å²) in [5.41, 5.74) is 1.72. The van der Waals surface area contributed by atoms with Crippen LogP contribution < -0.4 is 0 Å². The Labute approximate surface area is 164 Å². The number of hydrogen-bond donors (Lipinski definition) is 0. The average Bonchev–Trinajstić information content (AvgIpc) is 3.22. The second-order valence-electron chi connectivity index (χ2n) is 7.08. The van der Waals surface area contributed by atoms with Crippen LogP contribution in [-0.2, 0) is 13.0 Å². The maximum atomic E-state index is 12.7. The predicted molar refractivity (Wildman–Crippen MR) is 105 cm³/mol. The molecule has 0 aromatic carbocycles. The van der Waals surface area contributed by atoms with Crippen molar-refractivity contribution >= 4 is 5.91 Å². The summed E-state index contributed by atoms with van der Waals surface area (Å²) in [6, 6.07) is 4.02. The quantitative estimate of drug-likeness (QED) is 0.684. The minimum absolute atomic E-state index is 0.0137. The Kier molecular flexibility index (Phi) is 5.41. The van der Waals surface area contributed by atoms with Crippen molar-refractivity contribution in [2.45, 2.75) is 38.6 Å². The molecule has 1 aliphatic rings. The topological polar surface area (TPSA) is 76.8 Å². The van der Waals surface area contributed by atoms with E-state index in [1.807, 2.05) is 36.5 Å². The molecular weight excluding hydrogens is 352 g/mol. The van der Waals surface area contributed by atoms with Gasteiger partial charge in [-0.05, 0) is 24.5 Å². The summed E-state index contributed by atoms with van der Waals surface area (Å²) in [7, 11) is 0. The SMILES string of the molecule is CCc1ncc(C(=O)N2CCC(c3nccn3Cc3cccnc3)CC2)cn1. The van der Waals surface area contributed by atoms with Crippen LogP contribution in [0, 0.1) is 0 Å². The molecule has 0 unspecified atom stereocenters. The van der Waals surface area contributed by atoms with Crippen LogP contribution in [-0.4, -0.2) is 48.4 Å². The normalized spacial score (nSPS) is 15.0. The molecule has 144 valence electrons. The lowest BCUT2D eigenvalue weighted by Crippen LogP contribution is -2.38. The van der Waals surface area contributed by atoms with Gasteiger partial charge in [-0.15, -0.1) is 0 Å². The van der Waals surface area contributed by atoms with Gasteiger partial charge in [-0.1, -0.05) is 13.0 Å². The van der Waals surface area contributed by atoms with Crippen LogP contribution in [0.2, 0.25) is 0 Å². The van der Waals surface area contributed by atoms with E-state index in [-0.39, 0.29) is 5.91 Å². The molecule has 4 heterocycles. The van der Waals surface area contributed by atoms with Crippen LogP contribution in [0.4, 0.5) is 0 Å². The third kappa shape index (κ3) is 3.93. The number of hydrogen-bond acceptors (Lipinski definition) is 5. The highest BCUT2D eigenvalue weighted by Gasteiger charge is 2.27. The molecule has 0 aliphatic carbocycles. The van der Waals surface area contributed by atoms with Crippen LogP contribution in [0.3, 0.4) is 0 Å². The largest absolute Gasteiger partial charge is 0.339 e. The van der Waals surface area contributed by atoms with Crippen LogP contribution in [0.5, 0.6) is 0 Å². The lowest BCUT2D eigenvalue weighted by atomic mass is 9.95. The van der Waals surface area contributed by atoms with Crippen LogP contribution in [0.25, 0.3) is 0 Å². The number of nitrogens with zero attached hydrogens (tertiary/aromatic N) is 6. The summed E-state index contributed by atoms with van der Waals surface area (Å²) < 4.78 is 2.19. The van der Waals surface area contributed by atoms with E-state index in [0.29, 0.717) is 11.5 Å². The highest BCUT2D eigenvalue weighted by molar-refractivity contribution is 5.93. The number of piperidine rings is 1. The first-order valence-electron chi connectivity index (χ1n) is 9.74. The third-order valence-electron chi connectivity index (χ3n) is 5.24. The molecule has 7 nitrogen and oxygen atoms in total. The van der Waals surface area contributed by atoms with Gasteiger partial charge in [0.1, 0.15) is 11.6 Å². The standard InChI is InChI=1S/C21H24N6O/c1-2-19-24-13-18(14-25-19)21(28)26-9-5-17(6-10-26)20-23-8-11-27(20)15-16-4-3-7-22-12-16/h3-4,7-8,11-14,17H,2,5-6,9-10,15H2,1H3. The molecule has 4 rings (SSSR count). The van der Waals surface area contributed by atoms with E-state index in [2.05, 4.69) is 30.6 Å². The van der Waals surface area contributed by atoms with E-state index in [4.69, 9.17) is 0 Å². The lowest BCUT2D eigenvalue weighted by molar-refractivity contribution is 0.0709. The van der Waals surface area contributed by atoms with Gasteiger partial charge in [-0.2, -0.15) is 0 Å². The molecule has 1 aliphatic heterocycles. The highest BCUT2D eigenvalue weighted by atomic mass is 16.2. The number of pyridine rings is 1. The molecule has 0 atom stereocenters. The van der Waals surface area contributed by atoms with Crippen molar-refractivity contribution in [2.24, 2.45) is 0 Å². The van der Waals surface area contributed by atoms with E-state index < -0.39 is 0 Å².